The van der Waals surface area contributed by atoms with Crippen LogP contribution in [-0.2, 0) is 37.9 Å². The molecule has 0 N–H and O–H groups in total. The molecule has 0 fully saturated rings. The molecule has 9 aromatic rings. The average Bonchev–Trinajstić information content (AvgIpc) is 3.39. The standard InChI is InChI=1S/C76H86BN3S/c1-70(2,3)47-20-29-52(30-21-47)78(53-31-22-48(23-32-53)71(4,5)6)56-43-58-67-63(38-39-65-68(67)57-45-59-60(46-66(57)81-65)76(18,19)41-40-75(59,16)17)80(55-35-26-50(27-36-55)73(10,11)12)77-61-42-51(74(13,14)15)28-37-62(61)79(64(44-56)69(58)77)54-33-24-49(25-34-54)72(7,8)9/h20-39,42-46H,40-41H2,1-19H3. The first-order valence-corrected chi connectivity index (χ1v) is 30.8. The molecule has 5 heteroatoms. The van der Waals surface area contributed by atoms with Gasteiger partial charge in [0.25, 0.3) is 0 Å². The van der Waals surface area contributed by atoms with Gasteiger partial charge in [-0.05, 0) is 197 Å². The molecule has 0 atom stereocenters. The number of thiophene rings is 1. The van der Waals surface area contributed by atoms with Crippen LogP contribution < -0.4 is 25.5 Å². The minimum Gasteiger partial charge on any atom is -0.376 e. The van der Waals surface area contributed by atoms with Crippen LogP contribution in [0.2, 0.25) is 0 Å². The van der Waals surface area contributed by atoms with Gasteiger partial charge in [0.05, 0.1) is 0 Å². The van der Waals surface area contributed by atoms with E-state index in [0.29, 0.717) is 0 Å². The summed E-state index contributed by atoms with van der Waals surface area (Å²) in [7, 11) is 0. The number of hydrogen-bond acceptors (Lipinski definition) is 4. The van der Waals surface area contributed by atoms with Crippen molar-refractivity contribution in [2.75, 3.05) is 14.6 Å². The maximum atomic E-state index is 2.74. The monoisotopic (exact) mass is 1080 g/mol. The van der Waals surface area contributed by atoms with Crippen LogP contribution in [0.1, 0.15) is 183 Å². The van der Waals surface area contributed by atoms with Crippen molar-refractivity contribution in [3.63, 3.8) is 0 Å². The molecule has 0 bridgehead atoms. The Balaban J connectivity index is 1.25. The quantitative estimate of drug-likeness (QED) is 0.159. The highest BCUT2D eigenvalue weighted by molar-refractivity contribution is 7.26. The Morgan fingerprint density at radius 3 is 1.36 bits per heavy atom. The summed E-state index contributed by atoms with van der Waals surface area (Å²) in [5, 5.41) is 2.72. The van der Waals surface area contributed by atoms with Crippen molar-refractivity contribution < 1.29 is 0 Å². The highest BCUT2D eigenvalue weighted by Gasteiger charge is 2.47. The van der Waals surface area contributed by atoms with E-state index in [0.717, 1.165) is 22.7 Å². The molecule has 1 aromatic heterocycles. The molecular weight excluding hydrogens is 998 g/mol. The zero-order valence-corrected chi connectivity index (χ0v) is 53.0. The fourth-order valence-corrected chi connectivity index (χ4v) is 14.6. The van der Waals surface area contributed by atoms with E-state index in [1.165, 1.54) is 117 Å². The van der Waals surface area contributed by atoms with Crippen molar-refractivity contribution in [2.24, 2.45) is 0 Å². The molecule has 1 aliphatic carbocycles. The van der Waals surface area contributed by atoms with Crippen molar-refractivity contribution in [3.05, 3.63) is 191 Å². The fourth-order valence-electron chi connectivity index (χ4n) is 13.4. The summed E-state index contributed by atoms with van der Waals surface area (Å²) in [5.74, 6) is 0. The molecule has 12 rings (SSSR count). The smallest absolute Gasteiger partial charge is 0.333 e. The Labute approximate surface area is 490 Å². The van der Waals surface area contributed by atoms with E-state index in [4.69, 9.17) is 0 Å². The minimum atomic E-state index is -0.153. The first-order chi connectivity index (χ1) is 37.8. The van der Waals surface area contributed by atoms with Crippen LogP contribution in [0.25, 0.3) is 31.3 Å². The van der Waals surface area contributed by atoms with Gasteiger partial charge in [-0.1, -0.05) is 192 Å². The van der Waals surface area contributed by atoms with Crippen LogP contribution >= 0.6 is 11.3 Å². The van der Waals surface area contributed by atoms with E-state index in [-0.39, 0.29) is 44.8 Å². The highest BCUT2D eigenvalue weighted by Crippen LogP contribution is 2.56. The Morgan fingerprint density at radius 1 is 0.420 bits per heavy atom. The van der Waals surface area contributed by atoms with Gasteiger partial charge in [-0.2, -0.15) is 0 Å². The minimum absolute atomic E-state index is 0.00133. The van der Waals surface area contributed by atoms with Crippen molar-refractivity contribution in [3.8, 4) is 11.1 Å². The number of hydrogen-bond donors (Lipinski definition) is 0. The summed E-state index contributed by atoms with van der Waals surface area (Å²) in [6.45, 7) is 44.6. The maximum Gasteiger partial charge on any atom is 0.333 e. The number of rotatable bonds is 5. The van der Waals surface area contributed by atoms with Crippen LogP contribution in [0, 0.1) is 0 Å². The van der Waals surface area contributed by atoms with Crippen molar-refractivity contribution in [1.82, 2.24) is 0 Å². The normalized spacial score (nSPS) is 15.9. The van der Waals surface area contributed by atoms with Gasteiger partial charge in [0.15, 0.2) is 0 Å². The van der Waals surface area contributed by atoms with Crippen molar-refractivity contribution in [1.29, 1.82) is 0 Å². The van der Waals surface area contributed by atoms with Gasteiger partial charge in [0, 0.05) is 71.2 Å². The number of benzene rings is 8. The second kappa shape index (κ2) is 18.5. The summed E-state index contributed by atoms with van der Waals surface area (Å²) in [6, 6.07) is 60.6. The Morgan fingerprint density at radius 2 is 0.864 bits per heavy atom. The third kappa shape index (κ3) is 9.33. The predicted molar refractivity (Wildman–Crippen MR) is 357 cm³/mol. The van der Waals surface area contributed by atoms with Crippen LogP contribution in [0.4, 0.5) is 45.5 Å². The van der Waals surface area contributed by atoms with Gasteiger partial charge in [-0.15, -0.1) is 11.3 Å². The topological polar surface area (TPSA) is 9.72 Å². The SMILES string of the molecule is CC(C)(C)c1ccc(N2B3c4cc(C(C)(C)C)ccc4N(c4ccc(C(C)(C)C)cc4)c4cc(N(c5ccc(C(C)(C)C)cc5)c5ccc(C(C)(C)C)cc5)cc(c43)-c3c2ccc2sc4cc5c(cc4c32)C(C)(C)CCC5(C)C)cc1. The highest BCUT2D eigenvalue weighted by atomic mass is 32.1. The third-order valence-electron chi connectivity index (χ3n) is 18.7. The molecule has 8 aromatic carbocycles. The van der Waals surface area contributed by atoms with Crippen LogP contribution in [0.5, 0.6) is 0 Å². The molecule has 2 aliphatic heterocycles. The molecular formula is C76H86BN3S. The molecule has 81 heavy (non-hydrogen) atoms. The summed E-state index contributed by atoms with van der Waals surface area (Å²) in [5.41, 5.74) is 24.4. The summed E-state index contributed by atoms with van der Waals surface area (Å²) < 4.78 is 2.70. The van der Waals surface area contributed by atoms with Crippen LogP contribution in [-0.4, -0.2) is 6.85 Å². The number of fused-ring (bicyclic) bond motifs is 9. The lowest BCUT2D eigenvalue weighted by molar-refractivity contribution is 0.332. The third-order valence-corrected chi connectivity index (χ3v) is 19.8. The second-order valence-corrected chi connectivity index (χ2v) is 31.8. The van der Waals surface area contributed by atoms with E-state index < -0.39 is 0 Å². The van der Waals surface area contributed by atoms with Crippen molar-refractivity contribution in [2.45, 2.75) is 182 Å². The molecule has 3 aliphatic rings. The number of nitrogens with zero attached hydrogens (tertiary/aromatic N) is 3. The number of anilines is 8. The Kier molecular flexibility index (Phi) is 12.5. The largest absolute Gasteiger partial charge is 0.376 e. The van der Waals surface area contributed by atoms with Gasteiger partial charge in [0.2, 0.25) is 0 Å². The lowest BCUT2D eigenvalue weighted by atomic mass is 9.43. The summed E-state index contributed by atoms with van der Waals surface area (Å²) in [4.78, 5) is 7.89. The lowest BCUT2D eigenvalue weighted by Crippen LogP contribution is -2.61. The van der Waals surface area contributed by atoms with Crippen molar-refractivity contribution >= 4 is 94.8 Å². The van der Waals surface area contributed by atoms with Gasteiger partial charge in [-0.3, -0.25) is 0 Å². The molecule has 3 nitrogen and oxygen atoms in total. The molecule has 414 valence electrons. The van der Waals surface area contributed by atoms with Gasteiger partial charge >= 0.3 is 6.85 Å². The molecule has 0 saturated heterocycles. The van der Waals surface area contributed by atoms with E-state index in [9.17, 15) is 0 Å². The van der Waals surface area contributed by atoms with E-state index in [1.54, 1.807) is 0 Å². The second-order valence-electron chi connectivity index (χ2n) is 30.7. The van der Waals surface area contributed by atoms with Gasteiger partial charge in [-0.25, -0.2) is 0 Å². The van der Waals surface area contributed by atoms with Gasteiger partial charge < -0.3 is 14.6 Å². The van der Waals surface area contributed by atoms with E-state index >= 15 is 0 Å². The predicted octanol–water partition coefficient (Wildman–Crippen LogP) is 21.1. The fraction of sp³-hybridized carbons (Fsp3) is 0.368. The maximum absolute atomic E-state index is 2.74. The molecule has 0 radical (unpaired) electrons. The first kappa shape index (κ1) is 55.0. The zero-order valence-electron chi connectivity index (χ0n) is 52.2. The van der Waals surface area contributed by atoms with E-state index in [2.05, 4.69) is 298 Å². The van der Waals surface area contributed by atoms with Crippen LogP contribution in [0.3, 0.4) is 0 Å². The average molecular weight is 1080 g/mol. The first-order valence-electron chi connectivity index (χ1n) is 30.0. The summed E-state index contributed by atoms with van der Waals surface area (Å²) >= 11 is 1.97. The lowest BCUT2D eigenvalue weighted by Gasteiger charge is -2.47. The van der Waals surface area contributed by atoms with Crippen LogP contribution in [0.15, 0.2) is 152 Å². The molecule has 0 spiro atoms. The Bertz CT molecular complexity index is 3870. The molecule has 0 saturated carbocycles. The zero-order chi connectivity index (χ0) is 57.9. The molecule has 0 amide bonds. The summed E-state index contributed by atoms with van der Waals surface area (Å²) in [6.07, 6.45) is 2.35. The molecule has 0 unspecified atom stereocenters. The Hall–Kier alpha value is -6.56. The van der Waals surface area contributed by atoms with E-state index in [1.807, 2.05) is 11.3 Å². The van der Waals surface area contributed by atoms with Gasteiger partial charge in [0.1, 0.15) is 0 Å². The molecule has 3 heterocycles.